The summed E-state index contributed by atoms with van der Waals surface area (Å²) in [4.78, 5) is 0. The van der Waals surface area contributed by atoms with Crippen LogP contribution in [0.25, 0.3) is 10.8 Å². The number of fused-ring (bicyclic) bond motifs is 1. The molecule has 2 rings (SSSR count). The highest BCUT2D eigenvalue weighted by molar-refractivity contribution is 5.87. The first-order valence-electron chi connectivity index (χ1n) is 6.18. The van der Waals surface area contributed by atoms with Gasteiger partial charge in [0.2, 0.25) is 0 Å². The fourth-order valence-electron chi connectivity index (χ4n) is 1.98. The van der Waals surface area contributed by atoms with Crippen molar-refractivity contribution in [1.29, 1.82) is 0 Å². The second-order valence-corrected chi connectivity index (χ2v) is 4.20. The van der Waals surface area contributed by atoms with Crippen LogP contribution in [-0.4, -0.2) is 20.3 Å². The summed E-state index contributed by atoms with van der Waals surface area (Å²) >= 11 is 0. The van der Waals surface area contributed by atoms with Gasteiger partial charge in [0, 0.05) is 26.7 Å². The van der Waals surface area contributed by atoms with Crippen molar-refractivity contribution in [1.82, 2.24) is 0 Å². The Labute approximate surface area is 108 Å². The first-order chi connectivity index (χ1) is 8.85. The molecular weight excluding hydrogens is 226 g/mol. The minimum Gasteiger partial charge on any atom is -0.493 e. The number of hydrogen-bond acceptors (Lipinski definition) is 3. The number of methoxy groups -OCH3 is 1. The lowest BCUT2D eigenvalue weighted by Gasteiger charge is -2.09. The molecule has 2 aromatic carbocycles. The number of rotatable bonds is 6. The van der Waals surface area contributed by atoms with E-state index in [1.165, 1.54) is 10.8 Å². The van der Waals surface area contributed by atoms with Gasteiger partial charge < -0.3 is 15.2 Å². The van der Waals surface area contributed by atoms with Crippen LogP contribution >= 0.6 is 0 Å². The molecule has 0 unspecified atom stereocenters. The summed E-state index contributed by atoms with van der Waals surface area (Å²) < 4.78 is 10.7. The Morgan fingerprint density at radius 1 is 1.11 bits per heavy atom. The van der Waals surface area contributed by atoms with E-state index >= 15 is 0 Å². The van der Waals surface area contributed by atoms with E-state index in [1.54, 1.807) is 7.11 Å². The fourth-order valence-corrected chi connectivity index (χ4v) is 1.98. The molecule has 0 saturated carbocycles. The third-order valence-corrected chi connectivity index (χ3v) is 2.93. The van der Waals surface area contributed by atoms with Gasteiger partial charge in [-0.3, -0.25) is 0 Å². The molecule has 3 nitrogen and oxygen atoms in total. The zero-order valence-electron chi connectivity index (χ0n) is 10.7. The molecule has 2 aromatic rings. The molecular formula is C15H19NO2. The first-order valence-corrected chi connectivity index (χ1v) is 6.18. The van der Waals surface area contributed by atoms with Crippen LogP contribution in [0.4, 0.5) is 0 Å². The van der Waals surface area contributed by atoms with Crippen molar-refractivity contribution in [3.05, 3.63) is 42.0 Å². The summed E-state index contributed by atoms with van der Waals surface area (Å²) in [6.45, 7) is 1.94. The minimum atomic E-state index is 0.546. The molecule has 0 fully saturated rings. The van der Waals surface area contributed by atoms with Gasteiger partial charge in [-0.1, -0.05) is 24.3 Å². The van der Waals surface area contributed by atoms with Crippen molar-refractivity contribution in [2.45, 2.75) is 13.0 Å². The highest BCUT2D eigenvalue weighted by atomic mass is 16.5. The Morgan fingerprint density at radius 3 is 2.78 bits per heavy atom. The average Bonchev–Trinajstić information content (AvgIpc) is 2.43. The molecule has 0 heterocycles. The monoisotopic (exact) mass is 245 g/mol. The normalized spacial score (nSPS) is 10.8. The Balaban J connectivity index is 2.15. The topological polar surface area (TPSA) is 44.5 Å². The van der Waals surface area contributed by atoms with Crippen molar-refractivity contribution in [2.24, 2.45) is 5.73 Å². The van der Waals surface area contributed by atoms with Crippen LogP contribution in [0.15, 0.2) is 36.4 Å². The van der Waals surface area contributed by atoms with Crippen molar-refractivity contribution in [3.8, 4) is 5.75 Å². The maximum atomic E-state index is 5.75. The van der Waals surface area contributed by atoms with Crippen LogP contribution in [0.1, 0.15) is 12.0 Å². The number of nitrogens with two attached hydrogens (primary N) is 1. The highest BCUT2D eigenvalue weighted by Gasteiger charge is 2.01. The van der Waals surface area contributed by atoms with E-state index in [2.05, 4.69) is 24.3 Å². The van der Waals surface area contributed by atoms with Crippen LogP contribution < -0.4 is 10.5 Å². The molecule has 0 saturated heterocycles. The van der Waals surface area contributed by atoms with Crippen molar-refractivity contribution < 1.29 is 9.47 Å². The molecule has 0 aromatic heterocycles. The Bertz CT molecular complexity index is 511. The predicted molar refractivity (Wildman–Crippen MR) is 73.8 cm³/mol. The molecule has 0 bridgehead atoms. The molecule has 96 valence electrons. The zero-order chi connectivity index (χ0) is 12.8. The molecule has 0 aliphatic carbocycles. The summed E-state index contributed by atoms with van der Waals surface area (Å²) in [7, 11) is 1.70. The van der Waals surface area contributed by atoms with Gasteiger partial charge in [0.1, 0.15) is 5.75 Å². The van der Waals surface area contributed by atoms with E-state index in [4.69, 9.17) is 15.2 Å². The second kappa shape index (κ2) is 6.38. The van der Waals surface area contributed by atoms with Gasteiger partial charge in [-0.25, -0.2) is 0 Å². The van der Waals surface area contributed by atoms with Gasteiger partial charge >= 0.3 is 0 Å². The SMILES string of the molecule is COCCCOc1ccc2cccc(CN)c2c1. The van der Waals surface area contributed by atoms with Gasteiger partial charge in [0.25, 0.3) is 0 Å². The van der Waals surface area contributed by atoms with E-state index in [0.717, 1.165) is 24.3 Å². The summed E-state index contributed by atoms with van der Waals surface area (Å²) in [6.07, 6.45) is 0.896. The summed E-state index contributed by atoms with van der Waals surface area (Å²) in [5, 5.41) is 2.37. The maximum Gasteiger partial charge on any atom is 0.119 e. The molecule has 2 N–H and O–H groups in total. The van der Waals surface area contributed by atoms with Gasteiger partial charge in [-0.05, 0) is 28.5 Å². The van der Waals surface area contributed by atoms with Crippen LogP contribution in [0.3, 0.4) is 0 Å². The lowest BCUT2D eigenvalue weighted by atomic mass is 10.0. The van der Waals surface area contributed by atoms with E-state index < -0.39 is 0 Å². The lowest BCUT2D eigenvalue weighted by molar-refractivity contribution is 0.172. The standard InChI is InChI=1S/C15H19NO2/c1-17-8-3-9-18-14-7-6-12-4-2-5-13(11-16)15(12)10-14/h2,4-7,10H,3,8-9,11,16H2,1H3. The number of benzene rings is 2. The molecule has 0 atom stereocenters. The summed E-state index contributed by atoms with van der Waals surface area (Å²) in [5.74, 6) is 0.888. The molecule has 0 radical (unpaired) electrons. The number of hydrogen-bond donors (Lipinski definition) is 1. The lowest BCUT2D eigenvalue weighted by Crippen LogP contribution is -2.01. The largest absolute Gasteiger partial charge is 0.493 e. The van der Waals surface area contributed by atoms with Gasteiger partial charge in [-0.15, -0.1) is 0 Å². The molecule has 3 heteroatoms. The third kappa shape index (κ3) is 3.00. The molecule has 18 heavy (non-hydrogen) atoms. The maximum absolute atomic E-state index is 5.75. The van der Waals surface area contributed by atoms with E-state index in [9.17, 15) is 0 Å². The van der Waals surface area contributed by atoms with Gasteiger partial charge in [0.05, 0.1) is 6.61 Å². The Morgan fingerprint density at radius 2 is 2.00 bits per heavy atom. The predicted octanol–water partition coefficient (Wildman–Crippen LogP) is 2.71. The van der Waals surface area contributed by atoms with Crippen LogP contribution in [0.5, 0.6) is 5.75 Å². The van der Waals surface area contributed by atoms with Crippen LogP contribution in [0, 0.1) is 0 Å². The highest BCUT2D eigenvalue weighted by Crippen LogP contribution is 2.24. The van der Waals surface area contributed by atoms with E-state index in [0.29, 0.717) is 13.2 Å². The van der Waals surface area contributed by atoms with Crippen LogP contribution in [0.2, 0.25) is 0 Å². The number of ether oxygens (including phenoxy) is 2. The quantitative estimate of drug-likeness (QED) is 0.796. The van der Waals surface area contributed by atoms with Gasteiger partial charge in [-0.2, -0.15) is 0 Å². The van der Waals surface area contributed by atoms with Crippen molar-refractivity contribution in [3.63, 3.8) is 0 Å². The van der Waals surface area contributed by atoms with Crippen LogP contribution in [-0.2, 0) is 11.3 Å². The average molecular weight is 245 g/mol. The molecule has 0 amide bonds. The molecule has 0 aliphatic rings. The second-order valence-electron chi connectivity index (χ2n) is 4.20. The summed E-state index contributed by atoms with van der Waals surface area (Å²) in [6, 6.07) is 12.3. The van der Waals surface area contributed by atoms with E-state index in [-0.39, 0.29) is 0 Å². The smallest absolute Gasteiger partial charge is 0.119 e. The minimum absolute atomic E-state index is 0.546. The Hall–Kier alpha value is -1.58. The van der Waals surface area contributed by atoms with Crippen molar-refractivity contribution in [2.75, 3.05) is 20.3 Å². The molecule has 0 spiro atoms. The first kappa shape index (κ1) is 12.9. The fraction of sp³-hybridized carbons (Fsp3) is 0.333. The zero-order valence-corrected chi connectivity index (χ0v) is 10.7. The van der Waals surface area contributed by atoms with Crippen molar-refractivity contribution >= 4 is 10.8 Å². The van der Waals surface area contributed by atoms with Gasteiger partial charge in [0.15, 0.2) is 0 Å². The Kier molecular flexibility index (Phi) is 4.56. The van der Waals surface area contributed by atoms with E-state index in [1.807, 2.05) is 12.1 Å². The third-order valence-electron chi connectivity index (χ3n) is 2.93. The molecule has 0 aliphatic heterocycles. The summed E-state index contributed by atoms with van der Waals surface area (Å²) in [5.41, 5.74) is 6.90.